The lowest BCUT2D eigenvalue weighted by Crippen LogP contribution is -2.56. The Bertz CT molecular complexity index is 559. The number of anilines is 1. The van der Waals surface area contributed by atoms with E-state index >= 15 is 0 Å². The summed E-state index contributed by atoms with van der Waals surface area (Å²) in [6.07, 6.45) is 6.17. The molecule has 100 valence electrons. The van der Waals surface area contributed by atoms with Gasteiger partial charge in [0.05, 0.1) is 11.2 Å². The van der Waals surface area contributed by atoms with Gasteiger partial charge in [-0.1, -0.05) is 18.6 Å². The van der Waals surface area contributed by atoms with Crippen molar-refractivity contribution in [1.82, 2.24) is 5.32 Å². The van der Waals surface area contributed by atoms with Crippen LogP contribution in [0.3, 0.4) is 0 Å². The lowest BCUT2D eigenvalue weighted by Gasteiger charge is -2.47. The first-order valence-electron chi connectivity index (χ1n) is 7.07. The number of nitrogens with one attached hydrogen (secondary N) is 2. The van der Waals surface area contributed by atoms with Crippen LogP contribution in [-0.2, 0) is 5.54 Å². The van der Waals surface area contributed by atoms with E-state index in [0.29, 0.717) is 5.92 Å². The van der Waals surface area contributed by atoms with E-state index in [4.69, 9.17) is 0 Å². The zero-order chi connectivity index (χ0) is 13.0. The molecule has 19 heavy (non-hydrogen) atoms. The summed E-state index contributed by atoms with van der Waals surface area (Å²) in [4.78, 5) is 12.1. The van der Waals surface area contributed by atoms with Crippen molar-refractivity contribution in [2.45, 2.75) is 37.6 Å². The number of urea groups is 1. The number of hydrogen-bond acceptors (Lipinski definition) is 1. The molecule has 2 amide bonds. The maximum atomic E-state index is 12.1. The summed E-state index contributed by atoms with van der Waals surface area (Å²) in [5, 5.41) is 6.23. The van der Waals surface area contributed by atoms with E-state index < -0.39 is 0 Å². The first-order valence-corrected chi connectivity index (χ1v) is 7.86. The third kappa shape index (κ3) is 1.59. The van der Waals surface area contributed by atoms with Crippen LogP contribution in [0.25, 0.3) is 0 Å². The smallest absolute Gasteiger partial charge is 0.319 e. The van der Waals surface area contributed by atoms with Crippen LogP contribution in [-0.4, -0.2) is 6.03 Å². The summed E-state index contributed by atoms with van der Waals surface area (Å²) in [5.41, 5.74) is 2.11. The fourth-order valence-electron chi connectivity index (χ4n) is 4.38. The zero-order valence-electron chi connectivity index (χ0n) is 10.7. The summed E-state index contributed by atoms with van der Waals surface area (Å²) in [6, 6.07) is 6.19. The minimum atomic E-state index is -0.131. The van der Waals surface area contributed by atoms with E-state index in [9.17, 15) is 4.79 Å². The molecule has 0 aromatic heterocycles. The summed E-state index contributed by atoms with van der Waals surface area (Å²) in [6.45, 7) is 0. The molecule has 1 aromatic rings. The van der Waals surface area contributed by atoms with Gasteiger partial charge in [0.2, 0.25) is 0 Å². The molecule has 2 saturated carbocycles. The fourth-order valence-corrected chi connectivity index (χ4v) is 4.84. The van der Waals surface area contributed by atoms with Gasteiger partial charge in [-0.3, -0.25) is 0 Å². The second-order valence-electron chi connectivity index (χ2n) is 6.13. The van der Waals surface area contributed by atoms with Crippen molar-refractivity contribution in [1.29, 1.82) is 0 Å². The molecule has 3 nitrogen and oxygen atoms in total. The van der Waals surface area contributed by atoms with Crippen molar-refractivity contribution < 1.29 is 4.79 Å². The normalized spacial score (nSPS) is 35.7. The number of hydrogen-bond donors (Lipinski definition) is 2. The van der Waals surface area contributed by atoms with E-state index in [1.807, 2.05) is 6.07 Å². The average Bonchev–Trinajstić information content (AvgIpc) is 2.81. The summed E-state index contributed by atoms with van der Waals surface area (Å²) in [5.74, 6) is 1.49. The molecule has 2 N–H and O–H groups in total. The van der Waals surface area contributed by atoms with E-state index in [1.54, 1.807) is 0 Å². The van der Waals surface area contributed by atoms with Gasteiger partial charge < -0.3 is 10.6 Å². The van der Waals surface area contributed by atoms with Gasteiger partial charge in [0.25, 0.3) is 0 Å². The summed E-state index contributed by atoms with van der Waals surface area (Å²) < 4.78 is 0.986. The lowest BCUT2D eigenvalue weighted by molar-refractivity contribution is 0.152. The van der Waals surface area contributed by atoms with E-state index in [1.165, 1.54) is 31.2 Å². The quantitative estimate of drug-likeness (QED) is 0.745. The molecule has 3 aliphatic rings. The van der Waals surface area contributed by atoms with Gasteiger partial charge in [0.15, 0.2) is 0 Å². The predicted octanol–water partition coefficient (Wildman–Crippen LogP) is 3.99. The van der Waals surface area contributed by atoms with Crippen LogP contribution in [0.5, 0.6) is 0 Å². The molecule has 0 radical (unpaired) electrons. The molecule has 1 aromatic carbocycles. The maximum Gasteiger partial charge on any atom is 0.319 e. The second kappa shape index (κ2) is 3.98. The number of fused-ring (bicyclic) bond motifs is 5. The van der Waals surface area contributed by atoms with Crippen molar-refractivity contribution in [2.75, 3.05) is 5.32 Å². The van der Waals surface area contributed by atoms with Crippen LogP contribution >= 0.6 is 15.9 Å². The SMILES string of the molecule is O=C1Nc2c(Br)cccc2C2(CCC3CCC2C3)N1. The number of carbonyl (C=O) groups is 1. The molecule has 4 heteroatoms. The van der Waals surface area contributed by atoms with Crippen molar-refractivity contribution in [3.8, 4) is 0 Å². The van der Waals surface area contributed by atoms with Crippen molar-refractivity contribution in [3.63, 3.8) is 0 Å². The van der Waals surface area contributed by atoms with Crippen LogP contribution in [0.1, 0.15) is 37.7 Å². The van der Waals surface area contributed by atoms with E-state index in [0.717, 1.165) is 22.5 Å². The Morgan fingerprint density at radius 3 is 3.05 bits per heavy atom. The van der Waals surface area contributed by atoms with Crippen molar-refractivity contribution in [2.24, 2.45) is 11.8 Å². The molecule has 1 heterocycles. The standard InChI is InChI=1S/C15H17BrN2O/c16-12-3-1-2-11-13(12)17-14(19)18-15(11)7-6-9-4-5-10(15)8-9/h1-3,9-10H,4-8H2,(H2,17,18,19). The van der Waals surface area contributed by atoms with Gasteiger partial charge in [-0.05, 0) is 59.5 Å². The highest BCUT2D eigenvalue weighted by Crippen LogP contribution is 2.55. The topological polar surface area (TPSA) is 41.1 Å². The maximum absolute atomic E-state index is 12.1. The van der Waals surface area contributed by atoms with Gasteiger partial charge in [-0.15, -0.1) is 0 Å². The zero-order valence-corrected chi connectivity index (χ0v) is 12.3. The molecule has 2 bridgehead atoms. The van der Waals surface area contributed by atoms with Crippen molar-refractivity contribution >= 4 is 27.6 Å². The molecular weight excluding hydrogens is 304 g/mol. The van der Waals surface area contributed by atoms with Crippen LogP contribution < -0.4 is 10.6 Å². The van der Waals surface area contributed by atoms with Gasteiger partial charge in [-0.25, -0.2) is 4.79 Å². The highest BCUT2D eigenvalue weighted by molar-refractivity contribution is 9.10. The lowest BCUT2D eigenvalue weighted by atomic mass is 9.68. The van der Waals surface area contributed by atoms with Gasteiger partial charge >= 0.3 is 6.03 Å². The van der Waals surface area contributed by atoms with Crippen LogP contribution in [0, 0.1) is 11.8 Å². The molecule has 4 rings (SSSR count). The molecule has 0 saturated heterocycles. The Morgan fingerprint density at radius 1 is 1.26 bits per heavy atom. The highest BCUT2D eigenvalue weighted by atomic mass is 79.9. The van der Waals surface area contributed by atoms with Crippen LogP contribution in [0.2, 0.25) is 0 Å². The summed E-state index contributed by atoms with van der Waals surface area (Å²) >= 11 is 3.57. The molecular formula is C15H17BrN2O. The number of carbonyl (C=O) groups excluding carboxylic acids is 1. The number of rotatable bonds is 0. The third-order valence-electron chi connectivity index (χ3n) is 5.25. The van der Waals surface area contributed by atoms with E-state index in [2.05, 4.69) is 38.7 Å². The average molecular weight is 321 g/mol. The Labute approximate surface area is 121 Å². The highest BCUT2D eigenvalue weighted by Gasteiger charge is 2.51. The molecule has 2 aliphatic carbocycles. The second-order valence-corrected chi connectivity index (χ2v) is 6.98. The largest absolute Gasteiger partial charge is 0.328 e. The first-order chi connectivity index (χ1) is 9.19. The van der Waals surface area contributed by atoms with Crippen LogP contribution in [0.15, 0.2) is 22.7 Å². The van der Waals surface area contributed by atoms with Gasteiger partial charge in [0, 0.05) is 10.0 Å². The Kier molecular flexibility index (Phi) is 2.47. The molecule has 1 spiro atoms. The fraction of sp³-hybridized carbons (Fsp3) is 0.533. The number of halogens is 1. The third-order valence-corrected chi connectivity index (χ3v) is 5.92. The molecule has 3 atom stereocenters. The Morgan fingerprint density at radius 2 is 2.16 bits per heavy atom. The summed E-state index contributed by atoms with van der Waals surface area (Å²) in [7, 11) is 0. The van der Waals surface area contributed by atoms with Gasteiger partial charge in [-0.2, -0.15) is 0 Å². The molecule has 2 fully saturated rings. The number of para-hydroxylation sites is 1. The minimum absolute atomic E-state index is 0.0512. The van der Waals surface area contributed by atoms with Gasteiger partial charge in [0.1, 0.15) is 0 Å². The first kappa shape index (κ1) is 11.8. The van der Waals surface area contributed by atoms with E-state index in [-0.39, 0.29) is 11.6 Å². The van der Waals surface area contributed by atoms with Crippen molar-refractivity contribution in [3.05, 3.63) is 28.2 Å². The van der Waals surface area contributed by atoms with Crippen LogP contribution in [0.4, 0.5) is 10.5 Å². The predicted molar refractivity (Wildman–Crippen MR) is 78.0 cm³/mol. The number of amides is 2. The Hall–Kier alpha value is -1.03. The molecule has 3 unspecified atom stereocenters. The minimum Gasteiger partial charge on any atom is -0.328 e. The number of benzene rings is 1. The molecule has 1 aliphatic heterocycles. The monoisotopic (exact) mass is 320 g/mol. The Balaban J connectivity index is 1.89.